The SMILES string of the molecule is CC1CC1C(=O)c1cccc2ccccc12. The molecule has 0 amide bonds. The van der Waals surface area contributed by atoms with Crippen molar-refractivity contribution in [2.75, 3.05) is 0 Å². The van der Waals surface area contributed by atoms with Crippen molar-refractivity contribution in [2.24, 2.45) is 11.8 Å². The van der Waals surface area contributed by atoms with Crippen molar-refractivity contribution in [1.82, 2.24) is 0 Å². The van der Waals surface area contributed by atoms with Crippen LogP contribution in [-0.4, -0.2) is 5.78 Å². The van der Waals surface area contributed by atoms with Crippen molar-refractivity contribution < 1.29 is 4.79 Å². The number of benzene rings is 2. The minimum atomic E-state index is 0.269. The van der Waals surface area contributed by atoms with Gasteiger partial charge < -0.3 is 0 Å². The molecule has 1 nitrogen and oxygen atoms in total. The zero-order chi connectivity index (χ0) is 11.1. The summed E-state index contributed by atoms with van der Waals surface area (Å²) in [7, 11) is 0. The molecule has 0 aromatic heterocycles. The largest absolute Gasteiger partial charge is 0.294 e. The van der Waals surface area contributed by atoms with Crippen LogP contribution in [0.3, 0.4) is 0 Å². The average molecular weight is 210 g/mol. The second-order valence-corrected chi connectivity index (χ2v) is 4.71. The summed E-state index contributed by atoms with van der Waals surface area (Å²) in [4.78, 5) is 12.2. The summed E-state index contributed by atoms with van der Waals surface area (Å²) in [6, 6.07) is 14.1. The molecule has 1 saturated carbocycles. The molecule has 2 aromatic rings. The van der Waals surface area contributed by atoms with E-state index in [1.54, 1.807) is 0 Å². The fraction of sp³-hybridized carbons (Fsp3) is 0.267. The van der Waals surface area contributed by atoms with Gasteiger partial charge in [0.1, 0.15) is 0 Å². The van der Waals surface area contributed by atoms with Crippen LogP contribution in [-0.2, 0) is 0 Å². The lowest BCUT2D eigenvalue weighted by Crippen LogP contribution is -2.03. The van der Waals surface area contributed by atoms with Crippen molar-refractivity contribution in [3.63, 3.8) is 0 Å². The molecule has 1 aliphatic rings. The number of Topliss-reactive ketones (excluding diaryl/α,β-unsaturated/α-hetero) is 1. The Morgan fingerprint density at radius 3 is 2.56 bits per heavy atom. The van der Waals surface area contributed by atoms with E-state index >= 15 is 0 Å². The van der Waals surface area contributed by atoms with E-state index in [4.69, 9.17) is 0 Å². The summed E-state index contributed by atoms with van der Waals surface area (Å²) in [6.45, 7) is 2.15. The normalized spacial score (nSPS) is 23.3. The first-order valence-electron chi connectivity index (χ1n) is 5.79. The molecule has 1 heteroatoms. The monoisotopic (exact) mass is 210 g/mol. The van der Waals surface area contributed by atoms with Gasteiger partial charge in [-0.15, -0.1) is 0 Å². The van der Waals surface area contributed by atoms with Gasteiger partial charge in [0, 0.05) is 11.5 Å². The molecule has 0 bridgehead atoms. The molecule has 3 rings (SSSR count). The minimum absolute atomic E-state index is 0.269. The predicted molar refractivity (Wildman–Crippen MR) is 65.5 cm³/mol. The maximum Gasteiger partial charge on any atom is 0.166 e. The van der Waals surface area contributed by atoms with Gasteiger partial charge in [0.2, 0.25) is 0 Å². The van der Waals surface area contributed by atoms with Crippen LogP contribution in [0.2, 0.25) is 0 Å². The molecular weight excluding hydrogens is 196 g/mol. The van der Waals surface area contributed by atoms with Gasteiger partial charge in [0.05, 0.1) is 0 Å². The molecule has 80 valence electrons. The molecular formula is C15H14O. The molecule has 2 aromatic carbocycles. The topological polar surface area (TPSA) is 17.1 Å². The summed E-state index contributed by atoms with van der Waals surface area (Å²) < 4.78 is 0. The van der Waals surface area contributed by atoms with Gasteiger partial charge in [-0.1, -0.05) is 49.4 Å². The molecule has 0 aliphatic heterocycles. The first kappa shape index (κ1) is 9.59. The van der Waals surface area contributed by atoms with Crippen molar-refractivity contribution in [1.29, 1.82) is 0 Å². The molecule has 2 atom stereocenters. The highest BCUT2D eigenvalue weighted by Gasteiger charge is 2.39. The number of carbonyl (C=O) groups is 1. The Labute approximate surface area is 95.1 Å². The van der Waals surface area contributed by atoms with E-state index in [1.165, 1.54) is 0 Å². The molecule has 16 heavy (non-hydrogen) atoms. The fourth-order valence-corrected chi connectivity index (χ4v) is 2.33. The van der Waals surface area contributed by atoms with Crippen molar-refractivity contribution in [2.45, 2.75) is 13.3 Å². The van der Waals surface area contributed by atoms with Crippen LogP contribution in [0.25, 0.3) is 10.8 Å². The maximum atomic E-state index is 12.2. The number of rotatable bonds is 2. The van der Waals surface area contributed by atoms with E-state index in [1.807, 2.05) is 30.3 Å². The first-order chi connectivity index (χ1) is 7.77. The van der Waals surface area contributed by atoms with Crippen LogP contribution in [0.5, 0.6) is 0 Å². The lowest BCUT2D eigenvalue weighted by molar-refractivity contribution is 0.0964. The van der Waals surface area contributed by atoms with Crippen molar-refractivity contribution in [3.8, 4) is 0 Å². The highest BCUT2D eigenvalue weighted by molar-refractivity contribution is 6.10. The molecule has 0 heterocycles. The number of hydrogen-bond acceptors (Lipinski definition) is 1. The van der Waals surface area contributed by atoms with Crippen LogP contribution in [0.4, 0.5) is 0 Å². The minimum Gasteiger partial charge on any atom is -0.294 e. The third-order valence-corrected chi connectivity index (χ3v) is 3.50. The Morgan fingerprint density at radius 2 is 1.81 bits per heavy atom. The van der Waals surface area contributed by atoms with Crippen LogP contribution in [0.15, 0.2) is 42.5 Å². The van der Waals surface area contributed by atoms with Crippen molar-refractivity contribution in [3.05, 3.63) is 48.0 Å². The summed E-state index contributed by atoms with van der Waals surface area (Å²) in [5.41, 5.74) is 0.896. The van der Waals surface area contributed by atoms with Crippen LogP contribution < -0.4 is 0 Å². The number of hydrogen-bond donors (Lipinski definition) is 0. The zero-order valence-electron chi connectivity index (χ0n) is 9.31. The molecule has 0 saturated heterocycles. The van der Waals surface area contributed by atoms with Gasteiger partial charge in [0.15, 0.2) is 5.78 Å². The lowest BCUT2D eigenvalue weighted by Gasteiger charge is -2.04. The molecule has 0 spiro atoms. The van der Waals surface area contributed by atoms with Gasteiger partial charge in [-0.25, -0.2) is 0 Å². The summed E-state index contributed by atoms with van der Waals surface area (Å²) >= 11 is 0. The van der Waals surface area contributed by atoms with Gasteiger partial charge in [0.25, 0.3) is 0 Å². The highest BCUT2D eigenvalue weighted by atomic mass is 16.1. The van der Waals surface area contributed by atoms with Crippen LogP contribution in [0.1, 0.15) is 23.7 Å². The third kappa shape index (κ3) is 1.44. The van der Waals surface area contributed by atoms with E-state index in [2.05, 4.69) is 19.1 Å². The van der Waals surface area contributed by atoms with Crippen molar-refractivity contribution >= 4 is 16.6 Å². The quantitative estimate of drug-likeness (QED) is 0.691. The maximum absolute atomic E-state index is 12.2. The van der Waals surface area contributed by atoms with E-state index in [0.29, 0.717) is 11.7 Å². The average Bonchev–Trinajstić information content (AvgIpc) is 3.05. The third-order valence-electron chi connectivity index (χ3n) is 3.50. The highest BCUT2D eigenvalue weighted by Crippen LogP contribution is 2.41. The Bertz CT molecular complexity index is 551. The first-order valence-corrected chi connectivity index (χ1v) is 5.79. The smallest absolute Gasteiger partial charge is 0.166 e. The lowest BCUT2D eigenvalue weighted by atomic mass is 9.99. The number of fused-ring (bicyclic) bond motifs is 1. The van der Waals surface area contributed by atoms with Gasteiger partial charge in [-0.2, -0.15) is 0 Å². The van der Waals surface area contributed by atoms with Crippen LogP contribution in [0, 0.1) is 11.8 Å². The summed E-state index contributed by atoms with van der Waals surface area (Å²) in [6.07, 6.45) is 1.06. The Kier molecular flexibility index (Phi) is 2.06. The summed E-state index contributed by atoms with van der Waals surface area (Å²) in [5, 5.41) is 2.25. The van der Waals surface area contributed by atoms with E-state index in [0.717, 1.165) is 22.8 Å². The number of ketones is 1. The molecule has 0 radical (unpaired) electrons. The Hall–Kier alpha value is -1.63. The Balaban J connectivity index is 2.13. The second kappa shape index (κ2) is 3.44. The molecule has 2 unspecified atom stereocenters. The van der Waals surface area contributed by atoms with E-state index < -0.39 is 0 Å². The second-order valence-electron chi connectivity index (χ2n) is 4.71. The Morgan fingerprint density at radius 1 is 1.12 bits per heavy atom. The molecule has 1 aliphatic carbocycles. The van der Waals surface area contributed by atoms with E-state index in [9.17, 15) is 4.79 Å². The summed E-state index contributed by atoms with van der Waals surface area (Å²) in [5.74, 6) is 1.17. The van der Waals surface area contributed by atoms with Gasteiger partial charge >= 0.3 is 0 Å². The zero-order valence-corrected chi connectivity index (χ0v) is 9.31. The predicted octanol–water partition coefficient (Wildman–Crippen LogP) is 3.68. The van der Waals surface area contributed by atoms with Gasteiger partial charge in [-0.05, 0) is 23.1 Å². The van der Waals surface area contributed by atoms with E-state index in [-0.39, 0.29) is 5.92 Å². The standard InChI is InChI=1S/C15H14O/c1-10-9-14(10)15(16)13-8-4-6-11-5-2-3-7-12(11)13/h2-8,10,14H,9H2,1H3. The fourth-order valence-electron chi connectivity index (χ4n) is 2.33. The van der Waals surface area contributed by atoms with Crippen LogP contribution >= 0.6 is 0 Å². The molecule has 1 fully saturated rings. The van der Waals surface area contributed by atoms with Gasteiger partial charge in [-0.3, -0.25) is 4.79 Å². The number of carbonyl (C=O) groups excluding carboxylic acids is 1. The molecule has 0 N–H and O–H groups in total.